The van der Waals surface area contributed by atoms with E-state index in [9.17, 15) is 29.3 Å². The molecule has 1 saturated carbocycles. The van der Waals surface area contributed by atoms with Gasteiger partial charge in [0.15, 0.2) is 5.78 Å². The number of carbonyl (C=O) groups excluding carboxylic acids is 4. The third-order valence-corrected chi connectivity index (χ3v) is 7.33. The number of amides is 3. The van der Waals surface area contributed by atoms with E-state index in [-0.39, 0.29) is 28.0 Å². The Labute approximate surface area is 209 Å². The lowest BCUT2D eigenvalue weighted by Crippen LogP contribution is -2.52. The number of Topliss-reactive ketones (excluding diaryl/α,β-unsaturated/α-hetero) is 1. The van der Waals surface area contributed by atoms with Crippen LogP contribution in [0.5, 0.6) is 0 Å². The Morgan fingerprint density at radius 1 is 1.00 bits per heavy atom. The van der Waals surface area contributed by atoms with E-state index in [1.807, 2.05) is 12.2 Å². The van der Waals surface area contributed by atoms with Gasteiger partial charge in [-0.15, -0.1) is 0 Å². The van der Waals surface area contributed by atoms with E-state index in [2.05, 4.69) is 0 Å². The number of nitro groups is 1. The number of nitro benzene ring substituents is 1. The molecule has 4 atom stereocenters. The molecule has 1 aliphatic heterocycles. The number of hydrazine groups is 1. The molecule has 3 aliphatic rings. The Bertz CT molecular complexity index is 1310. The smallest absolute Gasteiger partial charge is 0.282 e. The van der Waals surface area contributed by atoms with Crippen LogP contribution in [0, 0.1) is 33.8 Å². The van der Waals surface area contributed by atoms with Crippen molar-refractivity contribution in [2.75, 3.05) is 6.54 Å². The van der Waals surface area contributed by atoms with Crippen LogP contribution in [0.1, 0.15) is 27.1 Å². The molecule has 0 radical (unpaired) electrons. The number of benzene rings is 2. The number of fused-ring (bicyclic) bond motifs is 5. The van der Waals surface area contributed by atoms with Crippen molar-refractivity contribution in [3.8, 4) is 0 Å². The molecule has 2 aliphatic carbocycles. The fourth-order valence-electron chi connectivity index (χ4n) is 5.25. The van der Waals surface area contributed by atoms with Crippen LogP contribution in [0.4, 0.5) is 5.69 Å². The molecule has 1 saturated heterocycles. The topological polar surface area (TPSA) is 118 Å². The zero-order valence-electron chi connectivity index (χ0n) is 18.0. The van der Waals surface area contributed by atoms with Crippen LogP contribution in [-0.4, -0.2) is 45.0 Å². The summed E-state index contributed by atoms with van der Waals surface area (Å²) in [5.74, 6) is -4.40. The minimum absolute atomic E-state index is 0.0254. The molecule has 2 aromatic rings. The molecule has 0 spiro atoms. The Morgan fingerprint density at radius 2 is 1.63 bits per heavy atom. The average molecular weight is 514 g/mol. The molecular weight excluding hydrogens is 497 g/mol. The van der Waals surface area contributed by atoms with Gasteiger partial charge in [0.05, 0.1) is 21.8 Å². The third-order valence-electron chi connectivity index (χ3n) is 6.78. The lowest BCUT2D eigenvalue weighted by atomic mass is 9.85. The number of allylic oxidation sites excluding steroid dienone is 2. The van der Waals surface area contributed by atoms with Gasteiger partial charge in [-0.2, -0.15) is 5.01 Å². The second-order valence-corrected chi connectivity index (χ2v) is 9.52. The standard InChI is InChI=1S/C24H17Cl2N3O6/c25-14-7-8-15(17(26)10-14)19(30)11-27(22(31)16-3-1-2-4-18(16)29(34)35)28-23(32)20-12-5-6-13(9-12)21(20)24(28)33/h1-8,10,12-13,20-21H,9,11H2/t12-,13-,20-,21+/m0/s1. The Balaban J connectivity index is 1.55. The van der Waals surface area contributed by atoms with Crippen molar-refractivity contribution in [3.63, 3.8) is 0 Å². The first-order valence-electron chi connectivity index (χ1n) is 10.8. The van der Waals surface area contributed by atoms with E-state index in [1.54, 1.807) is 0 Å². The number of rotatable bonds is 6. The lowest BCUT2D eigenvalue weighted by Gasteiger charge is -2.30. The van der Waals surface area contributed by atoms with Gasteiger partial charge >= 0.3 is 0 Å². The van der Waals surface area contributed by atoms with Gasteiger partial charge in [-0.05, 0) is 42.5 Å². The number of ketones is 1. The van der Waals surface area contributed by atoms with Crippen molar-refractivity contribution in [2.24, 2.45) is 23.7 Å². The van der Waals surface area contributed by atoms with Crippen LogP contribution in [-0.2, 0) is 9.59 Å². The van der Waals surface area contributed by atoms with Crippen molar-refractivity contribution >= 4 is 52.4 Å². The normalized spacial score (nSPS) is 24.1. The lowest BCUT2D eigenvalue weighted by molar-refractivity contribution is -0.385. The highest BCUT2D eigenvalue weighted by molar-refractivity contribution is 6.37. The highest BCUT2D eigenvalue weighted by Gasteiger charge is 2.61. The average Bonchev–Trinajstić information content (AvgIpc) is 3.51. The fraction of sp³-hybridized carbons (Fsp3) is 0.250. The molecule has 2 aromatic carbocycles. The molecular formula is C24H17Cl2N3O6. The minimum atomic E-state index is -1.02. The Morgan fingerprint density at radius 3 is 2.23 bits per heavy atom. The van der Waals surface area contributed by atoms with Crippen LogP contribution < -0.4 is 0 Å². The zero-order chi connectivity index (χ0) is 25.0. The van der Waals surface area contributed by atoms with Crippen LogP contribution in [0.25, 0.3) is 0 Å². The van der Waals surface area contributed by atoms with Crippen LogP contribution >= 0.6 is 23.2 Å². The molecule has 0 N–H and O–H groups in total. The van der Waals surface area contributed by atoms with Gasteiger partial charge in [0.25, 0.3) is 23.4 Å². The fourth-order valence-corrected chi connectivity index (χ4v) is 5.76. The monoisotopic (exact) mass is 513 g/mol. The highest BCUT2D eigenvalue weighted by atomic mass is 35.5. The molecule has 1 heterocycles. The van der Waals surface area contributed by atoms with Crippen molar-refractivity contribution in [1.82, 2.24) is 10.0 Å². The Hall–Kier alpha value is -3.56. The number of hydrogen-bond acceptors (Lipinski definition) is 6. The number of nitrogens with zero attached hydrogens (tertiary/aromatic N) is 3. The summed E-state index contributed by atoms with van der Waals surface area (Å²) < 4.78 is 0. The van der Waals surface area contributed by atoms with Crippen molar-refractivity contribution in [3.05, 3.63) is 85.9 Å². The maximum Gasteiger partial charge on any atom is 0.282 e. The van der Waals surface area contributed by atoms with Gasteiger partial charge in [-0.25, -0.2) is 5.01 Å². The number of imide groups is 1. The summed E-state index contributed by atoms with van der Waals surface area (Å²) in [4.78, 5) is 64.4. The van der Waals surface area contributed by atoms with Gasteiger partial charge in [0.2, 0.25) is 0 Å². The molecule has 178 valence electrons. The number of carbonyl (C=O) groups is 4. The predicted molar refractivity (Wildman–Crippen MR) is 124 cm³/mol. The molecule has 3 amide bonds. The second kappa shape index (κ2) is 8.58. The molecule has 35 heavy (non-hydrogen) atoms. The van der Waals surface area contributed by atoms with Crippen LogP contribution in [0.2, 0.25) is 10.0 Å². The molecule has 0 aromatic heterocycles. The van der Waals surface area contributed by atoms with Gasteiger partial charge in [-0.3, -0.25) is 29.3 Å². The number of para-hydroxylation sites is 1. The van der Waals surface area contributed by atoms with Crippen molar-refractivity contribution < 1.29 is 24.1 Å². The van der Waals surface area contributed by atoms with Crippen LogP contribution in [0.15, 0.2) is 54.6 Å². The summed E-state index contributed by atoms with van der Waals surface area (Å²) in [5, 5.41) is 13.3. The largest absolute Gasteiger partial charge is 0.292 e. The first-order chi connectivity index (χ1) is 16.7. The van der Waals surface area contributed by atoms with E-state index < -0.39 is 52.5 Å². The summed E-state index contributed by atoms with van der Waals surface area (Å²) in [7, 11) is 0. The van der Waals surface area contributed by atoms with Crippen molar-refractivity contribution in [2.45, 2.75) is 6.42 Å². The number of halogens is 2. The first kappa shape index (κ1) is 23.2. The van der Waals surface area contributed by atoms with Gasteiger partial charge in [-0.1, -0.05) is 47.5 Å². The Kier molecular flexibility index (Phi) is 5.69. The zero-order valence-corrected chi connectivity index (χ0v) is 19.5. The molecule has 5 rings (SSSR count). The number of hydrogen-bond donors (Lipinski definition) is 0. The molecule has 2 bridgehead atoms. The molecule has 2 fully saturated rings. The summed E-state index contributed by atoms with van der Waals surface area (Å²) >= 11 is 12.1. The summed E-state index contributed by atoms with van der Waals surface area (Å²) in [6, 6.07) is 9.31. The summed E-state index contributed by atoms with van der Waals surface area (Å²) in [6.07, 6.45) is 4.47. The van der Waals surface area contributed by atoms with Gasteiger partial charge in [0, 0.05) is 16.7 Å². The maximum absolute atomic E-state index is 13.6. The third kappa shape index (κ3) is 3.71. The van der Waals surface area contributed by atoms with E-state index in [4.69, 9.17) is 23.2 Å². The predicted octanol–water partition coefficient (Wildman–Crippen LogP) is 3.95. The minimum Gasteiger partial charge on any atom is -0.292 e. The van der Waals surface area contributed by atoms with Gasteiger partial charge in [0.1, 0.15) is 12.1 Å². The molecule has 11 heteroatoms. The first-order valence-corrected chi connectivity index (χ1v) is 11.5. The molecule has 9 nitrogen and oxygen atoms in total. The van der Waals surface area contributed by atoms with E-state index >= 15 is 0 Å². The summed E-state index contributed by atoms with van der Waals surface area (Å²) in [6.45, 7) is -0.730. The highest BCUT2D eigenvalue weighted by Crippen LogP contribution is 2.52. The van der Waals surface area contributed by atoms with E-state index in [1.165, 1.54) is 36.4 Å². The summed E-state index contributed by atoms with van der Waals surface area (Å²) in [5.41, 5.74) is -0.843. The van der Waals surface area contributed by atoms with Crippen LogP contribution in [0.3, 0.4) is 0 Å². The maximum atomic E-state index is 13.6. The van der Waals surface area contributed by atoms with Gasteiger partial charge < -0.3 is 0 Å². The van der Waals surface area contributed by atoms with Crippen molar-refractivity contribution in [1.29, 1.82) is 0 Å². The van der Waals surface area contributed by atoms with E-state index in [0.717, 1.165) is 6.07 Å². The SMILES string of the molecule is O=C(CN(C(=O)c1ccccc1[N+](=O)[O-])N1C(=O)[C@@H]2[C@H](C1=O)[C@H]1C=C[C@H]2C1)c1ccc(Cl)cc1Cl. The van der Waals surface area contributed by atoms with E-state index in [0.29, 0.717) is 21.5 Å². The molecule has 0 unspecified atom stereocenters. The quantitative estimate of drug-likeness (QED) is 0.189. The second-order valence-electron chi connectivity index (χ2n) is 8.67.